The minimum Gasteiger partial charge on any atom is -0.312 e. The molecule has 116 valence electrons. The van der Waals surface area contributed by atoms with Gasteiger partial charge in [-0.25, -0.2) is 13.2 Å². The number of hydrogen-bond donors (Lipinski definition) is 0. The second-order valence-corrected chi connectivity index (χ2v) is 5.99. The summed E-state index contributed by atoms with van der Waals surface area (Å²) < 4.78 is 98.0. The molecule has 0 aromatic carbocycles. The standard InChI is InChI=1S/C3H9N.3C2F3.Al/c1-4(2)3;3*3-1-2(4)5;/h1-3H3;;;;. The van der Waals surface area contributed by atoms with Crippen molar-refractivity contribution in [2.75, 3.05) is 21.1 Å². The van der Waals surface area contributed by atoms with Crippen molar-refractivity contribution in [1.82, 2.24) is 4.90 Å². The van der Waals surface area contributed by atoms with Gasteiger partial charge in [-0.05, 0) is 21.1 Å². The van der Waals surface area contributed by atoms with Crippen molar-refractivity contribution in [3.05, 3.63) is 32.3 Å². The Labute approximate surface area is 113 Å². The van der Waals surface area contributed by atoms with Gasteiger partial charge in [-0.15, -0.1) is 0 Å². The molecule has 0 N–H and O–H groups in total. The highest BCUT2D eigenvalue weighted by atomic mass is 27.2. The summed E-state index contributed by atoms with van der Waals surface area (Å²) in [5, 5.41) is 0. The average molecular weight is 329 g/mol. The van der Waals surface area contributed by atoms with Gasteiger partial charge in [0.05, 0.1) is 0 Å². The smallest absolute Gasteiger partial charge is 0.312 e. The van der Waals surface area contributed by atoms with Gasteiger partial charge < -0.3 is 4.90 Å². The summed E-state index contributed by atoms with van der Waals surface area (Å²) in [7, 11) is 6.00. The fraction of sp³-hybridized carbons (Fsp3) is 0.333. The SMILES string of the molecule is CN(C)C.FC(F)=[C](F)[Al]([C](F)=C(F)F)[C](F)=C(F)F. The van der Waals surface area contributed by atoms with E-state index in [0.29, 0.717) is 0 Å². The van der Waals surface area contributed by atoms with E-state index in [0.717, 1.165) is 0 Å². The van der Waals surface area contributed by atoms with Crippen LogP contribution in [0.1, 0.15) is 0 Å². The van der Waals surface area contributed by atoms with Gasteiger partial charge in [0.2, 0.25) is 0 Å². The van der Waals surface area contributed by atoms with E-state index in [2.05, 4.69) is 0 Å². The molecule has 0 bridgehead atoms. The summed E-state index contributed by atoms with van der Waals surface area (Å²) in [6.07, 6.45) is -9.95. The van der Waals surface area contributed by atoms with Crippen LogP contribution in [0.4, 0.5) is 39.5 Å². The third-order valence-corrected chi connectivity index (χ3v) is 3.48. The van der Waals surface area contributed by atoms with Crippen LogP contribution >= 0.6 is 0 Å². The Morgan fingerprint density at radius 1 is 0.550 bits per heavy atom. The monoisotopic (exact) mass is 329 g/mol. The Morgan fingerprint density at radius 2 is 0.700 bits per heavy atom. The molecule has 20 heavy (non-hydrogen) atoms. The van der Waals surface area contributed by atoms with Crippen LogP contribution in [0, 0.1) is 0 Å². The third kappa shape index (κ3) is 8.29. The van der Waals surface area contributed by atoms with Crippen molar-refractivity contribution >= 4 is 14.1 Å². The first-order chi connectivity index (χ1) is 8.93. The highest BCUT2D eigenvalue weighted by Gasteiger charge is 2.44. The van der Waals surface area contributed by atoms with Crippen LogP contribution < -0.4 is 0 Å². The van der Waals surface area contributed by atoms with E-state index in [-0.39, 0.29) is 0 Å². The van der Waals surface area contributed by atoms with Crippen molar-refractivity contribution in [3.8, 4) is 0 Å². The minimum atomic E-state index is -5.30. The van der Waals surface area contributed by atoms with E-state index in [4.69, 9.17) is 0 Å². The molecular formula is C9H9AlF9N. The van der Waals surface area contributed by atoms with E-state index in [1.54, 1.807) is 0 Å². The van der Waals surface area contributed by atoms with Gasteiger partial charge in [-0.1, -0.05) is 0 Å². The average Bonchev–Trinajstić information content (AvgIpc) is 2.27. The normalized spacial score (nSPS) is 9.45. The zero-order valence-electron chi connectivity index (χ0n) is 10.4. The van der Waals surface area contributed by atoms with Gasteiger partial charge in [0, 0.05) is 0 Å². The predicted molar refractivity (Wildman–Crippen MR) is 56.4 cm³/mol. The molecule has 1 nitrogen and oxygen atoms in total. The number of nitrogens with zero attached hydrogens (tertiary/aromatic N) is 1. The molecule has 0 aliphatic rings. The van der Waals surface area contributed by atoms with E-state index in [1.165, 1.54) is 0 Å². The lowest BCUT2D eigenvalue weighted by molar-refractivity contribution is 0.376. The summed E-state index contributed by atoms with van der Waals surface area (Å²) in [4.78, 5) is 2.00. The highest BCUT2D eigenvalue weighted by molar-refractivity contribution is 6.78. The Morgan fingerprint density at radius 3 is 0.800 bits per heavy atom. The predicted octanol–water partition coefficient (Wildman–Crippen LogP) is 4.51. The second kappa shape index (κ2) is 9.90. The first-order valence-corrected chi connectivity index (χ1v) is 6.39. The summed E-state index contributed by atoms with van der Waals surface area (Å²) in [5.41, 5.74) is 0. The second-order valence-electron chi connectivity index (χ2n) is 3.60. The molecule has 0 unspecified atom stereocenters. The Hall–Kier alpha value is -0.918. The van der Waals surface area contributed by atoms with E-state index in [9.17, 15) is 39.5 Å². The van der Waals surface area contributed by atoms with Crippen molar-refractivity contribution in [3.63, 3.8) is 0 Å². The fourth-order valence-electron chi connectivity index (χ4n) is 0.661. The number of halogens is 9. The van der Waals surface area contributed by atoms with Crippen LogP contribution in [0.2, 0.25) is 0 Å². The van der Waals surface area contributed by atoms with Gasteiger partial charge in [-0.3, -0.25) is 0 Å². The first kappa shape index (κ1) is 21.4. The summed E-state index contributed by atoms with van der Waals surface area (Å²) >= 11 is -5.30. The van der Waals surface area contributed by atoms with Crippen LogP contribution in [0.3, 0.4) is 0 Å². The summed E-state index contributed by atoms with van der Waals surface area (Å²) in [5.74, 6) is 0. The molecule has 0 fully saturated rings. The van der Waals surface area contributed by atoms with Gasteiger partial charge in [-0.2, -0.15) is 26.3 Å². The van der Waals surface area contributed by atoms with Crippen LogP contribution in [-0.4, -0.2) is 40.2 Å². The number of hydrogen-bond acceptors (Lipinski definition) is 1. The molecule has 0 aliphatic carbocycles. The molecule has 0 spiro atoms. The van der Waals surface area contributed by atoms with Crippen molar-refractivity contribution in [1.29, 1.82) is 0 Å². The van der Waals surface area contributed by atoms with Crippen LogP contribution in [0.25, 0.3) is 0 Å². The molecule has 0 saturated heterocycles. The van der Waals surface area contributed by atoms with Gasteiger partial charge in [0.15, 0.2) is 0 Å². The third-order valence-electron chi connectivity index (χ3n) is 1.30. The van der Waals surface area contributed by atoms with Crippen molar-refractivity contribution in [2.45, 2.75) is 0 Å². The molecule has 0 radical (unpaired) electrons. The molecule has 0 aromatic heterocycles. The Balaban J connectivity index is 0. The molecular weight excluding hydrogens is 320 g/mol. The minimum absolute atomic E-state index is 2.00. The lowest BCUT2D eigenvalue weighted by Gasteiger charge is -2.02. The fourth-order valence-corrected chi connectivity index (χ4v) is 1.98. The lowest BCUT2D eigenvalue weighted by Crippen LogP contribution is -2.19. The van der Waals surface area contributed by atoms with Crippen molar-refractivity contribution < 1.29 is 39.5 Å². The molecule has 0 aliphatic heterocycles. The highest BCUT2D eigenvalue weighted by Crippen LogP contribution is 2.30. The van der Waals surface area contributed by atoms with Gasteiger partial charge in [0.1, 0.15) is 14.1 Å². The van der Waals surface area contributed by atoms with E-state index >= 15 is 0 Å². The molecule has 11 heteroatoms. The first-order valence-electron chi connectivity index (χ1n) is 4.66. The van der Waals surface area contributed by atoms with Crippen LogP contribution in [0.5, 0.6) is 0 Å². The quantitative estimate of drug-likeness (QED) is 0.544. The van der Waals surface area contributed by atoms with Gasteiger partial charge >= 0.3 is 14.1 Å². The van der Waals surface area contributed by atoms with Crippen LogP contribution in [0.15, 0.2) is 32.3 Å². The zero-order valence-corrected chi connectivity index (χ0v) is 11.6. The van der Waals surface area contributed by atoms with E-state index in [1.807, 2.05) is 26.0 Å². The topological polar surface area (TPSA) is 3.24 Å². The maximum atomic E-state index is 12.4. The number of rotatable bonds is 3. The van der Waals surface area contributed by atoms with E-state index < -0.39 is 46.5 Å². The maximum absolute atomic E-state index is 12.4. The van der Waals surface area contributed by atoms with Gasteiger partial charge in [0.25, 0.3) is 18.2 Å². The maximum Gasteiger partial charge on any atom is 0.540 e. The zero-order chi connectivity index (χ0) is 16.6. The Bertz CT molecular complexity index is 344. The molecule has 0 saturated carbocycles. The lowest BCUT2D eigenvalue weighted by atomic mass is 11.0. The summed E-state index contributed by atoms with van der Waals surface area (Å²) in [6, 6.07) is 0. The Kier molecular flexibility index (Phi) is 10.6. The molecule has 0 atom stereocenters. The van der Waals surface area contributed by atoms with Crippen LogP contribution in [-0.2, 0) is 0 Å². The molecule has 0 amide bonds. The molecule has 0 aromatic rings. The summed E-state index contributed by atoms with van der Waals surface area (Å²) in [6.45, 7) is 0. The largest absolute Gasteiger partial charge is 0.540 e. The molecule has 0 heterocycles. The van der Waals surface area contributed by atoms with Crippen molar-refractivity contribution in [2.24, 2.45) is 0 Å². The molecule has 0 rings (SSSR count).